The van der Waals surface area contributed by atoms with Crippen LogP contribution in [0.3, 0.4) is 0 Å². The number of nitrogens with one attached hydrogen (secondary N) is 2. The lowest BCUT2D eigenvalue weighted by Gasteiger charge is -2.14. The quantitative estimate of drug-likeness (QED) is 0.609. The number of rotatable bonds is 7. The third-order valence-electron chi connectivity index (χ3n) is 3.98. The Morgan fingerprint density at radius 1 is 1.00 bits per heavy atom. The summed E-state index contributed by atoms with van der Waals surface area (Å²) in [6, 6.07) is 14.4. The molecule has 2 amide bonds. The van der Waals surface area contributed by atoms with Gasteiger partial charge in [-0.15, -0.1) is 11.3 Å². The summed E-state index contributed by atoms with van der Waals surface area (Å²) in [5.41, 5.74) is 2.34. The van der Waals surface area contributed by atoms with Gasteiger partial charge in [0.25, 0.3) is 5.91 Å². The molecule has 1 atom stereocenters. The smallest absolute Gasteiger partial charge is 0.266 e. The number of amides is 2. The summed E-state index contributed by atoms with van der Waals surface area (Å²) in [7, 11) is 1.59. The van der Waals surface area contributed by atoms with Crippen molar-refractivity contribution in [3.05, 3.63) is 53.9 Å². The van der Waals surface area contributed by atoms with Crippen molar-refractivity contribution in [2.75, 3.05) is 17.7 Å². The first-order valence-corrected chi connectivity index (χ1v) is 9.77. The zero-order chi connectivity index (χ0) is 20.8. The molecule has 0 spiro atoms. The largest absolute Gasteiger partial charge is 0.497 e. The minimum absolute atomic E-state index is 0.123. The molecular formula is C21H21N3O4S. The van der Waals surface area contributed by atoms with E-state index >= 15 is 0 Å². The van der Waals surface area contributed by atoms with Crippen molar-refractivity contribution in [1.29, 1.82) is 0 Å². The van der Waals surface area contributed by atoms with E-state index in [1.165, 1.54) is 18.3 Å². The highest BCUT2D eigenvalue weighted by molar-refractivity contribution is 7.14. The minimum Gasteiger partial charge on any atom is -0.497 e. The Labute approximate surface area is 172 Å². The molecule has 3 aromatic rings. The van der Waals surface area contributed by atoms with Crippen LogP contribution in [0.4, 0.5) is 10.8 Å². The van der Waals surface area contributed by atoms with Gasteiger partial charge in [-0.05, 0) is 43.3 Å². The molecule has 0 saturated heterocycles. The van der Waals surface area contributed by atoms with Crippen molar-refractivity contribution >= 4 is 34.0 Å². The monoisotopic (exact) mass is 411 g/mol. The highest BCUT2D eigenvalue weighted by Gasteiger charge is 2.17. The van der Waals surface area contributed by atoms with E-state index in [1.54, 1.807) is 50.4 Å². The SMILES string of the molecule is COc1ccc(O[C@H](C)C(=O)Nc2nc(-c3ccc(NC(C)=O)cc3)cs2)cc1. The molecule has 2 aromatic carbocycles. The van der Waals surface area contributed by atoms with E-state index < -0.39 is 6.10 Å². The minimum atomic E-state index is -0.687. The maximum absolute atomic E-state index is 12.4. The van der Waals surface area contributed by atoms with Gasteiger partial charge in [0.05, 0.1) is 12.8 Å². The normalized spacial score (nSPS) is 11.4. The van der Waals surface area contributed by atoms with Crippen molar-refractivity contribution in [3.8, 4) is 22.8 Å². The average molecular weight is 411 g/mol. The van der Waals surface area contributed by atoms with Crippen LogP contribution in [-0.4, -0.2) is 30.0 Å². The number of benzene rings is 2. The van der Waals surface area contributed by atoms with Crippen LogP contribution in [0.2, 0.25) is 0 Å². The van der Waals surface area contributed by atoms with Crippen molar-refractivity contribution in [3.63, 3.8) is 0 Å². The third-order valence-corrected chi connectivity index (χ3v) is 4.73. The van der Waals surface area contributed by atoms with Crippen molar-refractivity contribution in [2.45, 2.75) is 20.0 Å². The molecule has 8 heteroatoms. The summed E-state index contributed by atoms with van der Waals surface area (Å²) >= 11 is 1.33. The van der Waals surface area contributed by atoms with Gasteiger partial charge in [0, 0.05) is 23.6 Å². The Kier molecular flexibility index (Phi) is 6.46. The number of thiazole rings is 1. The molecule has 0 radical (unpaired) electrons. The first-order valence-electron chi connectivity index (χ1n) is 8.89. The highest BCUT2D eigenvalue weighted by atomic mass is 32.1. The molecule has 29 heavy (non-hydrogen) atoms. The number of methoxy groups -OCH3 is 1. The predicted molar refractivity (Wildman–Crippen MR) is 114 cm³/mol. The van der Waals surface area contributed by atoms with E-state index in [-0.39, 0.29) is 11.8 Å². The number of nitrogens with zero attached hydrogens (tertiary/aromatic N) is 1. The van der Waals surface area contributed by atoms with Crippen molar-refractivity contribution in [1.82, 2.24) is 4.98 Å². The molecule has 1 aromatic heterocycles. The van der Waals surface area contributed by atoms with Gasteiger partial charge in [-0.3, -0.25) is 14.9 Å². The summed E-state index contributed by atoms with van der Waals surface area (Å²) in [5, 5.41) is 7.84. The van der Waals surface area contributed by atoms with Crippen LogP contribution in [0.5, 0.6) is 11.5 Å². The van der Waals surface area contributed by atoms with Gasteiger partial charge in [0.15, 0.2) is 11.2 Å². The maximum Gasteiger partial charge on any atom is 0.266 e. The van der Waals surface area contributed by atoms with Crippen LogP contribution in [0.25, 0.3) is 11.3 Å². The lowest BCUT2D eigenvalue weighted by Crippen LogP contribution is -2.30. The van der Waals surface area contributed by atoms with Gasteiger partial charge < -0.3 is 14.8 Å². The van der Waals surface area contributed by atoms with E-state index in [2.05, 4.69) is 15.6 Å². The van der Waals surface area contributed by atoms with Crippen LogP contribution in [-0.2, 0) is 9.59 Å². The van der Waals surface area contributed by atoms with Gasteiger partial charge in [-0.2, -0.15) is 0 Å². The van der Waals surface area contributed by atoms with Crippen LogP contribution in [0.1, 0.15) is 13.8 Å². The molecule has 1 heterocycles. The Bertz CT molecular complexity index is 984. The Morgan fingerprint density at radius 3 is 2.28 bits per heavy atom. The molecule has 150 valence electrons. The van der Waals surface area contributed by atoms with Gasteiger partial charge in [0.1, 0.15) is 11.5 Å². The van der Waals surface area contributed by atoms with Gasteiger partial charge >= 0.3 is 0 Å². The van der Waals surface area contributed by atoms with Gasteiger partial charge in [0.2, 0.25) is 5.91 Å². The summed E-state index contributed by atoms with van der Waals surface area (Å²) in [6.45, 7) is 3.14. The van der Waals surface area contributed by atoms with E-state index in [4.69, 9.17) is 9.47 Å². The molecule has 0 saturated carbocycles. The number of anilines is 2. The fourth-order valence-electron chi connectivity index (χ4n) is 2.51. The predicted octanol–water partition coefficient (Wildman–Crippen LogP) is 4.18. The molecule has 0 unspecified atom stereocenters. The van der Waals surface area contributed by atoms with Gasteiger partial charge in [-0.1, -0.05) is 12.1 Å². The van der Waals surface area contributed by atoms with E-state index in [0.717, 1.165) is 22.7 Å². The van der Waals surface area contributed by atoms with Crippen LogP contribution in [0.15, 0.2) is 53.9 Å². The maximum atomic E-state index is 12.4. The molecule has 0 aliphatic heterocycles. The first kappa shape index (κ1) is 20.3. The van der Waals surface area contributed by atoms with E-state index in [9.17, 15) is 9.59 Å². The zero-order valence-electron chi connectivity index (χ0n) is 16.3. The topological polar surface area (TPSA) is 89.6 Å². The second-order valence-corrected chi connectivity index (χ2v) is 7.08. The first-order chi connectivity index (χ1) is 13.9. The summed E-state index contributed by atoms with van der Waals surface area (Å²) in [6.07, 6.45) is -0.687. The molecule has 2 N–H and O–H groups in total. The molecule has 0 fully saturated rings. The number of hydrogen-bond donors (Lipinski definition) is 2. The standard InChI is InChI=1S/C21H21N3O4S/c1-13(28-18-10-8-17(27-3)9-11-18)20(26)24-21-23-19(12-29-21)15-4-6-16(7-5-15)22-14(2)25/h4-13H,1-3H3,(H,22,25)(H,23,24,26)/t13-/m1/s1. The second kappa shape index (κ2) is 9.20. The third kappa shape index (κ3) is 5.55. The molecular weight excluding hydrogens is 390 g/mol. The Morgan fingerprint density at radius 2 is 1.66 bits per heavy atom. The van der Waals surface area contributed by atoms with Crippen molar-refractivity contribution < 1.29 is 19.1 Å². The highest BCUT2D eigenvalue weighted by Crippen LogP contribution is 2.26. The number of hydrogen-bond acceptors (Lipinski definition) is 6. The zero-order valence-corrected chi connectivity index (χ0v) is 17.1. The Balaban J connectivity index is 1.59. The summed E-state index contributed by atoms with van der Waals surface area (Å²) in [4.78, 5) is 27.9. The fourth-order valence-corrected chi connectivity index (χ4v) is 3.23. The number of carbonyl (C=O) groups excluding carboxylic acids is 2. The molecule has 0 aliphatic carbocycles. The lowest BCUT2D eigenvalue weighted by atomic mass is 10.1. The lowest BCUT2D eigenvalue weighted by molar-refractivity contribution is -0.122. The van der Waals surface area contributed by atoms with E-state index in [0.29, 0.717) is 10.9 Å². The second-order valence-electron chi connectivity index (χ2n) is 6.22. The molecule has 0 aliphatic rings. The molecule has 0 bridgehead atoms. The van der Waals surface area contributed by atoms with Crippen LogP contribution < -0.4 is 20.1 Å². The summed E-state index contributed by atoms with van der Waals surface area (Å²) in [5.74, 6) is 0.882. The van der Waals surface area contributed by atoms with Gasteiger partial charge in [-0.25, -0.2) is 4.98 Å². The molecule has 7 nitrogen and oxygen atoms in total. The van der Waals surface area contributed by atoms with Crippen LogP contribution >= 0.6 is 11.3 Å². The average Bonchev–Trinajstić information content (AvgIpc) is 3.17. The number of aromatic nitrogens is 1. The number of ether oxygens (including phenoxy) is 2. The fraction of sp³-hybridized carbons (Fsp3) is 0.190. The summed E-state index contributed by atoms with van der Waals surface area (Å²) < 4.78 is 10.8. The number of carbonyl (C=O) groups is 2. The van der Waals surface area contributed by atoms with Crippen LogP contribution in [0, 0.1) is 0 Å². The van der Waals surface area contributed by atoms with Crippen molar-refractivity contribution in [2.24, 2.45) is 0 Å². The van der Waals surface area contributed by atoms with E-state index in [1.807, 2.05) is 17.5 Å². The molecule has 3 rings (SSSR count). The Hall–Kier alpha value is -3.39.